The number of aromatic amines is 1. The van der Waals surface area contributed by atoms with Crippen molar-refractivity contribution in [2.45, 2.75) is 32.6 Å². The lowest BCUT2D eigenvalue weighted by Gasteiger charge is -1.98. The second-order valence-corrected chi connectivity index (χ2v) is 2.76. The van der Waals surface area contributed by atoms with Crippen LogP contribution in [0, 0.1) is 0 Å². The standard InChI is InChI=1S/C7H13N5O.2ClH.H2O/c1-2-3-4-5-6(13)8-7-9-11-12-10-7;;;/h2-5H2,1H3,(H2,8,9,10,11,12,13);2*1H;1H2. The van der Waals surface area contributed by atoms with Crippen LogP contribution < -0.4 is 5.32 Å². The third-order valence-electron chi connectivity index (χ3n) is 1.61. The van der Waals surface area contributed by atoms with E-state index in [4.69, 9.17) is 0 Å². The van der Waals surface area contributed by atoms with Gasteiger partial charge in [0.1, 0.15) is 0 Å². The van der Waals surface area contributed by atoms with Crippen LogP contribution >= 0.6 is 24.8 Å². The molecule has 7 nitrogen and oxygen atoms in total. The highest BCUT2D eigenvalue weighted by Crippen LogP contribution is 2.00. The summed E-state index contributed by atoms with van der Waals surface area (Å²) in [6.45, 7) is 2.10. The molecule has 0 aliphatic heterocycles. The predicted octanol–water partition coefficient (Wildman–Crippen LogP) is 0.737. The second kappa shape index (κ2) is 12.2. The van der Waals surface area contributed by atoms with E-state index in [0.717, 1.165) is 19.3 Å². The minimum absolute atomic E-state index is 0. The van der Waals surface area contributed by atoms with Crippen LogP contribution in [0.3, 0.4) is 0 Å². The maximum Gasteiger partial charge on any atom is 0.246 e. The van der Waals surface area contributed by atoms with E-state index in [1.807, 2.05) is 0 Å². The molecule has 96 valence electrons. The van der Waals surface area contributed by atoms with Crippen molar-refractivity contribution >= 4 is 36.7 Å². The summed E-state index contributed by atoms with van der Waals surface area (Å²) in [5.74, 6) is 0.258. The number of amides is 1. The van der Waals surface area contributed by atoms with Crippen molar-refractivity contribution in [1.82, 2.24) is 20.6 Å². The van der Waals surface area contributed by atoms with E-state index in [1.165, 1.54) is 0 Å². The molecule has 0 aliphatic carbocycles. The van der Waals surface area contributed by atoms with Gasteiger partial charge >= 0.3 is 0 Å². The third-order valence-corrected chi connectivity index (χ3v) is 1.61. The zero-order valence-electron chi connectivity index (χ0n) is 8.89. The Morgan fingerprint density at radius 1 is 1.38 bits per heavy atom. The van der Waals surface area contributed by atoms with Gasteiger partial charge in [-0.15, -0.1) is 24.8 Å². The number of hydrogen-bond acceptors (Lipinski definition) is 4. The molecule has 0 aliphatic rings. The zero-order chi connectivity index (χ0) is 9.52. The van der Waals surface area contributed by atoms with E-state index in [2.05, 4.69) is 32.9 Å². The van der Waals surface area contributed by atoms with Crippen molar-refractivity contribution in [1.29, 1.82) is 0 Å². The highest BCUT2D eigenvalue weighted by molar-refractivity contribution is 5.88. The quantitative estimate of drug-likeness (QED) is 0.770. The molecule has 0 atom stereocenters. The predicted molar refractivity (Wildman–Crippen MR) is 65.1 cm³/mol. The second-order valence-electron chi connectivity index (χ2n) is 2.76. The maximum atomic E-state index is 11.2. The SMILES string of the molecule is CCCCCC(=O)Nc1nnn[nH]1.Cl.Cl.O. The van der Waals surface area contributed by atoms with Gasteiger partial charge in [-0.1, -0.05) is 24.9 Å². The van der Waals surface area contributed by atoms with Gasteiger partial charge in [0.2, 0.25) is 11.9 Å². The Morgan fingerprint density at radius 3 is 2.56 bits per heavy atom. The van der Waals surface area contributed by atoms with Crippen molar-refractivity contribution in [3.63, 3.8) is 0 Å². The number of rotatable bonds is 5. The lowest BCUT2D eigenvalue weighted by atomic mass is 10.2. The summed E-state index contributed by atoms with van der Waals surface area (Å²) in [6, 6.07) is 0. The number of H-pyrrole nitrogens is 1. The van der Waals surface area contributed by atoms with Crippen LogP contribution in [0.15, 0.2) is 0 Å². The molecule has 0 radical (unpaired) electrons. The van der Waals surface area contributed by atoms with Crippen LogP contribution in [-0.2, 0) is 4.79 Å². The minimum Gasteiger partial charge on any atom is -0.412 e. The third kappa shape index (κ3) is 8.39. The van der Waals surface area contributed by atoms with E-state index in [0.29, 0.717) is 12.4 Å². The fourth-order valence-corrected chi connectivity index (χ4v) is 0.942. The minimum atomic E-state index is -0.0491. The smallest absolute Gasteiger partial charge is 0.246 e. The van der Waals surface area contributed by atoms with Gasteiger partial charge in [-0.3, -0.25) is 10.1 Å². The first-order valence-electron chi connectivity index (χ1n) is 4.36. The summed E-state index contributed by atoms with van der Waals surface area (Å²) in [4.78, 5) is 11.2. The molecule has 0 bridgehead atoms. The van der Waals surface area contributed by atoms with E-state index in [1.54, 1.807) is 0 Å². The van der Waals surface area contributed by atoms with Crippen LogP contribution in [0.4, 0.5) is 5.95 Å². The van der Waals surface area contributed by atoms with Gasteiger partial charge in [-0.05, 0) is 16.8 Å². The van der Waals surface area contributed by atoms with Gasteiger partial charge in [0.25, 0.3) is 0 Å². The van der Waals surface area contributed by atoms with Crippen molar-refractivity contribution in [3.8, 4) is 0 Å². The number of hydrogen-bond donors (Lipinski definition) is 2. The number of nitrogens with zero attached hydrogens (tertiary/aromatic N) is 3. The monoisotopic (exact) mass is 273 g/mol. The van der Waals surface area contributed by atoms with Crippen LogP contribution in [0.2, 0.25) is 0 Å². The molecule has 16 heavy (non-hydrogen) atoms. The van der Waals surface area contributed by atoms with E-state index in [-0.39, 0.29) is 36.2 Å². The molecule has 0 fully saturated rings. The topological polar surface area (TPSA) is 115 Å². The fraction of sp³-hybridized carbons (Fsp3) is 0.714. The molecular weight excluding hydrogens is 257 g/mol. The van der Waals surface area contributed by atoms with Crippen LogP contribution in [-0.4, -0.2) is 32.0 Å². The summed E-state index contributed by atoms with van der Waals surface area (Å²) in [5, 5.41) is 15.2. The Kier molecular flexibility index (Phi) is 15.6. The maximum absolute atomic E-state index is 11.2. The average molecular weight is 274 g/mol. The van der Waals surface area contributed by atoms with Gasteiger partial charge in [0, 0.05) is 6.42 Å². The van der Waals surface area contributed by atoms with Crippen molar-refractivity contribution < 1.29 is 10.3 Å². The Morgan fingerprint density at radius 2 is 2.06 bits per heavy atom. The molecule has 1 rings (SSSR count). The van der Waals surface area contributed by atoms with Crippen LogP contribution in [0.1, 0.15) is 32.6 Å². The first-order valence-corrected chi connectivity index (χ1v) is 4.36. The van der Waals surface area contributed by atoms with Gasteiger partial charge in [-0.25, -0.2) is 5.10 Å². The molecule has 4 N–H and O–H groups in total. The average Bonchev–Trinajstić information content (AvgIpc) is 2.57. The Bertz CT molecular complexity index is 257. The number of anilines is 1. The van der Waals surface area contributed by atoms with E-state index >= 15 is 0 Å². The van der Waals surface area contributed by atoms with Crippen molar-refractivity contribution in [3.05, 3.63) is 0 Å². The molecule has 0 saturated heterocycles. The largest absolute Gasteiger partial charge is 0.412 e. The summed E-state index contributed by atoms with van der Waals surface area (Å²) in [6.07, 6.45) is 3.61. The number of unbranched alkanes of at least 4 members (excludes halogenated alkanes) is 2. The number of carbonyl (C=O) groups is 1. The Balaban J connectivity index is -0.000000563. The highest BCUT2D eigenvalue weighted by atomic mass is 35.5. The Labute approximate surface area is 106 Å². The number of halogens is 2. The summed E-state index contributed by atoms with van der Waals surface area (Å²) < 4.78 is 0. The van der Waals surface area contributed by atoms with Gasteiger partial charge in [-0.2, -0.15) is 0 Å². The molecule has 0 unspecified atom stereocenters. The number of carbonyl (C=O) groups excluding carboxylic acids is 1. The summed E-state index contributed by atoms with van der Waals surface area (Å²) >= 11 is 0. The molecular formula is C7H17Cl2N5O2. The number of tetrazole rings is 1. The lowest BCUT2D eigenvalue weighted by Crippen LogP contribution is -2.12. The van der Waals surface area contributed by atoms with Crippen LogP contribution in [0.25, 0.3) is 0 Å². The zero-order valence-corrected chi connectivity index (χ0v) is 10.5. The molecule has 0 spiro atoms. The number of nitrogens with one attached hydrogen (secondary N) is 2. The highest BCUT2D eigenvalue weighted by Gasteiger charge is 2.03. The molecule has 1 aromatic heterocycles. The first-order chi connectivity index (χ1) is 6.33. The molecule has 9 heteroatoms. The molecule has 1 heterocycles. The molecule has 0 aromatic carbocycles. The molecule has 1 aromatic rings. The van der Waals surface area contributed by atoms with Crippen molar-refractivity contribution in [2.24, 2.45) is 0 Å². The van der Waals surface area contributed by atoms with Gasteiger partial charge < -0.3 is 5.48 Å². The molecule has 1 amide bonds. The summed E-state index contributed by atoms with van der Waals surface area (Å²) in [5.41, 5.74) is 0. The summed E-state index contributed by atoms with van der Waals surface area (Å²) in [7, 11) is 0. The molecule has 0 saturated carbocycles. The fourth-order valence-electron chi connectivity index (χ4n) is 0.942. The van der Waals surface area contributed by atoms with Gasteiger partial charge in [0.15, 0.2) is 0 Å². The Hall–Kier alpha value is -0.920. The van der Waals surface area contributed by atoms with E-state index in [9.17, 15) is 4.79 Å². The van der Waals surface area contributed by atoms with Crippen molar-refractivity contribution in [2.75, 3.05) is 5.32 Å². The van der Waals surface area contributed by atoms with E-state index < -0.39 is 0 Å². The lowest BCUT2D eigenvalue weighted by molar-refractivity contribution is -0.116. The normalized spacial score (nSPS) is 8.06. The van der Waals surface area contributed by atoms with Crippen LogP contribution in [0.5, 0.6) is 0 Å². The van der Waals surface area contributed by atoms with Gasteiger partial charge in [0.05, 0.1) is 0 Å². The number of aromatic nitrogens is 4. The first kappa shape index (κ1) is 20.5.